The Morgan fingerprint density at radius 1 is 0.333 bits per heavy atom. The molecule has 2 unspecified atom stereocenters. The number of rotatable bonds is 9. The SMILES string of the molecule is C[SiH](C)[Zr]([CH]1C(CC(C)(C)C)=Cc2c(-c3cccc4ccccc34)ccc(-c3cccc4ccccc34)c21)[CH]1C(CC(C)(C)C)=Cc2c(-c3cccc4ccccc34)ccc(-c3cccc4ccccc34)c21. The maximum atomic E-state index is 2.77. The van der Waals surface area contributed by atoms with Crippen molar-refractivity contribution in [2.24, 2.45) is 10.8 Å². The number of allylic oxidation sites excluding steroid dienone is 2. The number of benzene rings is 10. The van der Waals surface area contributed by atoms with E-state index in [-0.39, 0.29) is 10.8 Å². The van der Waals surface area contributed by atoms with Crippen LogP contribution in [0.15, 0.2) is 205 Å². The first kappa shape index (κ1) is 46.9. The Kier molecular flexibility index (Phi) is 12.0. The van der Waals surface area contributed by atoms with Crippen molar-refractivity contribution in [1.29, 1.82) is 0 Å². The molecule has 72 heavy (non-hydrogen) atoms. The van der Waals surface area contributed by atoms with Crippen LogP contribution in [0.3, 0.4) is 0 Å². The Hall–Kier alpha value is -6.18. The van der Waals surface area contributed by atoms with Gasteiger partial charge in [0.25, 0.3) is 0 Å². The molecule has 2 aliphatic carbocycles. The van der Waals surface area contributed by atoms with Crippen LogP contribution < -0.4 is 0 Å². The van der Waals surface area contributed by atoms with Crippen LogP contribution in [0.1, 0.15) is 83.9 Å². The Balaban J connectivity index is 1.19. The first-order valence-corrected chi connectivity index (χ1v) is 36.3. The van der Waals surface area contributed by atoms with Crippen molar-refractivity contribution >= 4 is 61.2 Å². The predicted octanol–water partition coefficient (Wildman–Crippen LogP) is 20.0. The number of hydrogen-bond donors (Lipinski definition) is 0. The van der Waals surface area contributed by atoms with E-state index in [0.717, 1.165) is 12.8 Å². The molecule has 0 amide bonds. The van der Waals surface area contributed by atoms with Gasteiger partial charge < -0.3 is 0 Å². The molecule has 2 aliphatic rings. The third kappa shape index (κ3) is 8.34. The van der Waals surface area contributed by atoms with Gasteiger partial charge in [0.05, 0.1) is 0 Å². The monoisotopic (exact) mass is 1020 g/mol. The zero-order chi connectivity index (χ0) is 49.5. The fourth-order valence-electron chi connectivity index (χ4n) is 13.0. The van der Waals surface area contributed by atoms with E-state index in [1.165, 1.54) is 98.7 Å². The van der Waals surface area contributed by atoms with Crippen molar-refractivity contribution in [2.75, 3.05) is 0 Å². The molecule has 0 nitrogen and oxygen atoms in total. The molecule has 0 heterocycles. The zero-order valence-corrected chi connectivity index (χ0v) is 46.9. The fourth-order valence-corrected chi connectivity index (χ4v) is 35.7. The van der Waals surface area contributed by atoms with Crippen LogP contribution in [-0.4, -0.2) is 5.92 Å². The molecular weight excluding hydrogens is 960 g/mol. The molecule has 2 heteroatoms. The van der Waals surface area contributed by atoms with E-state index in [2.05, 4.69) is 261 Å². The summed E-state index contributed by atoms with van der Waals surface area (Å²) in [6.07, 6.45) is 7.67. The first-order chi connectivity index (χ1) is 34.8. The third-order valence-electron chi connectivity index (χ3n) is 15.7. The summed E-state index contributed by atoms with van der Waals surface area (Å²) >= 11 is -2.89. The van der Waals surface area contributed by atoms with Crippen LogP contribution in [-0.2, 0) is 20.9 Å². The van der Waals surface area contributed by atoms with Crippen LogP contribution in [0.2, 0.25) is 13.1 Å². The normalized spacial score (nSPS) is 15.6. The van der Waals surface area contributed by atoms with Gasteiger partial charge in [-0.15, -0.1) is 0 Å². The van der Waals surface area contributed by atoms with Crippen LogP contribution >= 0.6 is 0 Å². The summed E-state index contributed by atoms with van der Waals surface area (Å²) < 4.78 is 0.802. The van der Waals surface area contributed by atoms with Crippen molar-refractivity contribution < 1.29 is 20.9 Å². The molecule has 10 aromatic rings. The van der Waals surface area contributed by atoms with Gasteiger partial charge >= 0.3 is 440 Å². The van der Waals surface area contributed by atoms with E-state index in [1.54, 1.807) is 22.3 Å². The molecule has 353 valence electrons. The molecule has 0 saturated carbocycles. The van der Waals surface area contributed by atoms with Gasteiger partial charge in [0, 0.05) is 0 Å². The van der Waals surface area contributed by atoms with Crippen molar-refractivity contribution in [3.63, 3.8) is 0 Å². The van der Waals surface area contributed by atoms with Crippen LogP contribution in [0.4, 0.5) is 0 Å². The molecule has 0 bridgehead atoms. The van der Waals surface area contributed by atoms with Crippen molar-refractivity contribution in [3.8, 4) is 44.5 Å². The first-order valence-electron chi connectivity index (χ1n) is 26.4. The van der Waals surface area contributed by atoms with Gasteiger partial charge in [-0.25, -0.2) is 0 Å². The standard InChI is InChI=1S/2C34H29.C2H7Si.Zr/c2*1-34(2,3)22-23-20-32-30(28-16-8-12-24-10-4-6-14-26(24)28)18-19-31(33(32)21-23)29-17-9-13-25-11-5-7-15-27(25)29;1-3-2;/h2*4-21H,22H2,1-3H3;3H,1-2H3;. The van der Waals surface area contributed by atoms with E-state index >= 15 is 0 Å². The van der Waals surface area contributed by atoms with Gasteiger partial charge in [0.2, 0.25) is 0 Å². The minimum atomic E-state index is -2.89. The summed E-state index contributed by atoms with van der Waals surface area (Å²) in [7, 11) is 0. The Morgan fingerprint density at radius 3 is 0.917 bits per heavy atom. The number of hydrogen-bond acceptors (Lipinski definition) is 0. The van der Waals surface area contributed by atoms with Gasteiger partial charge in [-0.3, -0.25) is 0 Å². The van der Waals surface area contributed by atoms with Gasteiger partial charge in [-0.2, -0.15) is 0 Å². The summed E-state index contributed by atoms with van der Waals surface area (Å²) in [5.74, 6) is -1.39. The van der Waals surface area contributed by atoms with Crippen LogP contribution in [0, 0.1) is 10.8 Å². The van der Waals surface area contributed by atoms with Crippen LogP contribution in [0.5, 0.6) is 0 Å². The molecular formula is C70H65SiZr. The summed E-state index contributed by atoms with van der Waals surface area (Å²) in [5, 5.41) is 10.5. The molecule has 0 spiro atoms. The molecule has 0 N–H and O–H groups in total. The summed E-state index contributed by atoms with van der Waals surface area (Å²) in [4.78, 5) is 0. The Morgan fingerprint density at radius 2 is 0.611 bits per heavy atom. The minimum absolute atomic E-state index is 0.103. The zero-order valence-electron chi connectivity index (χ0n) is 43.3. The van der Waals surface area contributed by atoms with E-state index in [4.69, 9.17) is 0 Å². The van der Waals surface area contributed by atoms with E-state index in [1.807, 2.05) is 0 Å². The second kappa shape index (κ2) is 18.4. The summed E-state index contributed by atoms with van der Waals surface area (Å²) in [5.41, 5.74) is 20.8. The molecule has 10 aromatic carbocycles. The molecule has 0 saturated heterocycles. The summed E-state index contributed by atoms with van der Waals surface area (Å²) in [6.45, 7) is 20.4. The third-order valence-corrected chi connectivity index (χ3v) is 37.3. The van der Waals surface area contributed by atoms with Crippen molar-refractivity contribution in [2.45, 2.75) is 74.7 Å². The van der Waals surface area contributed by atoms with E-state index in [0.29, 0.717) is 7.25 Å². The number of fused-ring (bicyclic) bond motifs is 6. The Labute approximate surface area is 436 Å². The van der Waals surface area contributed by atoms with Crippen molar-refractivity contribution in [3.05, 3.63) is 228 Å². The average Bonchev–Trinajstić information content (AvgIpc) is 3.92. The molecule has 2 atom stereocenters. The second-order valence-electron chi connectivity index (χ2n) is 23.5. The molecule has 0 radical (unpaired) electrons. The van der Waals surface area contributed by atoms with E-state index in [9.17, 15) is 0 Å². The van der Waals surface area contributed by atoms with Gasteiger partial charge in [0.1, 0.15) is 0 Å². The van der Waals surface area contributed by atoms with Gasteiger partial charge in [-0.1, -0.05) is 0 Å². The molecule has 12 rings (SSSR count). The van der Waals surface area contributed by atoms with E-state index < -0.39 is 26.8 Å². The van der Waals surface area contributed by atoms with Crippen LogP contribution in [0.25, 0.3) is 99.7 Å². The van der Waals surface area contributed by atoms with Crippen molar-refractivity contribution in [1.82, 2.24) is 0 Å². The molecule has 0 fully saturated rings. The second-order valence-corrected chi connectivity index (χ2v) is 43.6. The van der Waals surface area contributed by atoms with Gasteiger partial charge in [-0.05, 0) is 0 Å². The fraction of sp³-hybridized carbons (Fsp3) is 0.200. The molecule has 0 aliphatic heterocycles. The average molecular weight is 1030 g/mol. The maximum absolute atomic E-state index is 2.89. The van der Waals surface area contributed by atoms with Gasteiger partial charge in [0.15, 0.2) is 0 Å². The predicted molar refractivity (Wildman–Crippen MR) is 313 cm³/mol. The quantitative estimate of drug-likeness (QED) is 0.126. The molecule has 0 aromatic heterocycles. The summed E-state index contributed by atoms with van der Waals surface area (Å²) in [6, 6.07) is 74.3. The topological polar surface area (TPSA) is 0 Å². The Bertz CT molecular complexity index is 3560.